The van der Waals surface area contributed by atoms with E-state index in [0.29, 0.717) is 4.90 Å². The highest BCUT2D eigenvalue weighted by Gasteiger charge is 2.18. The Morgan fingerprint density at radius 3 is 2.74 bits per heavy atom. The number of esters is 1. The lowest BCUT2D eigenvalue weighted by Gasteiger charge is -2.12. The molecule has 0 unspecified atom stereocenters. The Kier molecular flexibility index (Phi) is 5.57. The largest absolute Gasteiger partial charge is 0.466 e. The number of alkyl halides is 2. The summed E-state index contributed by atoms with van der Waals surface area (Å²) in [5.41, 5.74) is 0.0369. The molecule has 7 heteroatoms. The van der Waals surface area contributed by atoms with Gasteiger partial charge in [-0.3, -0.25) is 4.79 Å². The van der Waals surface area contributed by atoms with Crippen LogP contribution in [0.15, 0.2) is 17.0 Å². The molecule has 0 radical (unpaired) electrons. The van der Waals surface area contributed by atoms with Crippen LogP contribution < -0.4 is 4.74 Å². The summed E-state index contributed by atoms with van der Waals surface area (Å²) in [6.45, 7) is -1.28. The number of hydrogen-bond donors (Lipinski definition) is 1. The highest BCUT2D eigenvalue weighted by atomic mass is 32.1. The van der Waals surface area contributed by atoms with Gasteiger partial charge in [0.1, 0.15) is 11.8 Å². The van der Waals surface area contributed by atoms with Crippen molar-refractivity contribution in [3.8, 4) is 11.8 Å². The van der Waals surface area contributed by atoms with Crippen molar-refractivity contribution >= 4 is 18.6 Å². The lowest BCUT2D eigenvalue weighted by molar-refractivity contribution is -0.142. The van der Waals surface area contributed by atoms with Crippen LogP contribution in [0.1, 0.15) is 18.1 Å². The van der Waals surface area contributed by atoms with Gasteiger partial charge in [0.2, 0.25) is 0 Å². The van der Waals surface area contributed by atoms with Gasteiger partial charge in [-0.25, -0.2) is 0 Å². The zero-order chi connectivity index (χ0) is 14.4. The molecule has 0 amide bonds. The van der Waals surface area contributed by atoms with Crippen LogP contribution in [0.25, 0.3) is 0 Å². The molecule has 19 heavy (non-hydrogen) atoms. The number of carbonyl (C=O) groups excluding carboxylic acids is 1. The molecule has 0 spiro atoms. The van der Waals surface area contributed by atoms with Gasteiger partial charge in [-0.1, -0.05) is 0 Å². The topological polar surface area (TPSA) is 59.3 Å². The molecule has 102 valence electrons. The Hall–Kier alpha value is -1.81. The van der Waals surface area contributed by atoms with Crippen molar-refractivity contribution < 1.29 is 23.0 Å². The van der Waals surface area contributed by atoms with E-state index in [0.717, 1.165) is 0 Å². The maximum Gasteiger partial charge on any atom is 0.387 e. The van der Waals surface area contributed by atoms with E-state index in [1.54, 1.807) is 13.0 Å². The summed E-state index contributed by atoms with van der Waals surface area (Å²) in [4.78, 5) is 11.8. The Labute approximate surface area is 114 Å². The lowest BCUT2D eigenvalue weighted by atomic mass is 10.1. The predicted octanol–water partition coefficient (Wildman–Crippen LogP) is 2.55. The van der Waals surface area contributed by atoms with E-state index in [4.69, 9.17) is 10.00 Å². The van der Waals surface area contributed by atoms with E-state index in [-0.39, 0.29) is 29.9 Å². The molecule has 1 rings (SSSR count). The number of ether oxygens (including phenoxy) is 2. The van der Waals surface area contributed by atoms with Crippen LogP contribution in [-0.2, 0) is 16.0 Å². The van der Waals surface area contributed by atoms with Crippen LogP contribution in [0, 0.1) is 11.3 Å². The highest BCUT2D eigenvalue weighted by molar-refractivity contribution is 7.80. The number of thiol groups is 1. The van der Waals surface area contributed by atoms with Crippen LogP contribution in [0.2, 0.25) is 0 Å². The fourth-order valence-electron chi connectivity index (χ4n) is 1.48. The van der Waals surface area contributed by atoms with Crippen LogP contribution in [0.3, 0.4) is 0 Å². The highest BCUT2D eigenvalue weighted by Crippen LogP contribution is 2.29. The zero-order valence-electron chi connectivity index (χ0n) is 10.0. The maximum absolute atomic E-state index is 12.3. The monoisotopic (exact) mass is 287 g/mol. The van der Waals surface area contributed by atoms with Gasteiger partial charge >= 0.3 is 12.6 Å². The van der Waals surface area contributed by atoms with Gasteiger partial charge in [0.25, 0.3) is 0 Å². The Morgan fingerprint density at radius 2 is 2.21 bits per heavy atom. The molecule has 0 heterocycles. The summed E-state index contributed by atoms with van der Waals surface area (Å²) in [5, 5.41) is 8.89. The molecular formula is C12H11F2NO3S. The van der Waals surface area contributed by atoms with Gasteiger partial charge in [0.15, 0.2) is 0 Å². The van der Waals surface area contributed by atoms with Gasteiger partial charge in [-0.2, -0.15) is 14.0 Å². The van der Waals surface area contributed by atoms with E-state index in [9.17, 15) is 13.6 Å². The molecular weight excluding hydrogens is 276 g/mol. The van der Waals surface area contributed by atoms with Gasteiger partial charge < -0.3 is 9.47 Å². The average Bonchev–Trinajstić information content (AvgIpc) is 2.31. The van der Waals surface area contributed by atoms with Crippen molar-refractivity contribution in [1.29, 1.82) is 5.26 Å². The van der Waals surface area contributed by atoms with Gasteiger partial charge in [0, 0.05) is 10.5 Å². The van der Waals surface area contributed by atoms with Crippen molar-refractivity contribution in [3.05, 3.63) is 23.3 Å². The third kappa shape index (κ3) is 4.41. The normalized spacial score (nSPS) is 10.1. The minimum atomic E-state index is -3.08. The molecule has 0 saturated heterocycles. The molecule has 1 aromatic carbocycles. The minimum Gasteiger partial charge on any atom is -0.466 e. The van der Waals surface area contributed by atoms with Crippen molar-refractivity contribution in [2.75, 3.05) is 6.61 Å². The second kappa shape index (κ2) is 6.95. The number of halogens is 2. The Balaban J connectivity index is 3.16. The maximum atomic E-state index is 12.3. The second-order valence-electron chi connectivity index (χ2n) is 3.45. The number of nitrogens with zero attached hydrogens (tertiary/aromatic N) is 1. The summed E-state index contributed by atoms with van der Waals surface area (Å²) in [7, 11) is 0. The SMILES string of the molecule is CCOC(=O)Cc1cc(S)cc(C#N)c1OC(F)F. The zero-order valence-corrected chi connectivity index (χ0v) is 10.9. The molecule has 0 aromatic heterocycles. The third-order valence-corrected chi connectivity index (χ3v) is 2.38. The van der Waals surface area contributed by atoms with Crippen molar-refractivity contribution in [2.24, 2.45) is 0 Å². The molecule has 0 fully saturated rings. The number of benzene rings is 1. The summed E-state index contributed by atoms with van der Waals surface area (Å²) in [5.74, 6) is -0.909. The van der Waals surface area contributed by atoms with E-state index < -0.39 is 12.6 Å². The first kappa shape index (κ1) is 15.2. The first-order valence-corrected chi connectivity index (χ1v) is 5.79. The van der Waals surface area contributed by atoms with Crippen LogP contribution in [-0.4, -0.2) is 19.2 Å². The van der Waals surface area contributed by atoms with E-state index in [2.05, 4.69) is 17.4 Å². The summed E-state index contributed by atoms with van der Waals surface area (Å²) < 4.78 is 33.7. The fraction of sp³-hybridized carbons (Fsp3) is 0.333. The molecule has 0 aliphatic heterocycles. The number of hydrogen-bond acceptors (Lipinski definition) is 5. The molecule has 0 N–H and O–H groups in total. The standard InChI is InChI=1S/C12H11F2NO3S/c1-2-17-10(16)5-7-3-9(19)4-8(6-15)11(7)18-12(13)14/h3-4,12,19H,2,5H2,1H3. The van der Waals surface area contributed by atoms with Gasteiger partial charge in [0.05, 0.1) is 18.6 Å². The van der Waals surface area contributed by atoms with Crippen molar-refractivity contribution in [1.82, 2.24) is 0 Å². The third-order valence-electron chi connectivity index (χ3n) is 2.12. The molecule has 0 atom stereocenters. The Bertz CT molecular complexity index is 514. The molecule has 0 aliphatic rings. The molecule has 4 nitrogen and oxygen atoms in total. The first-order chi connectivity index (χ1) is 8.97. The summed E-state index contributed by atoms with van der Waals surface area (Å²) in [6.07, 6.45) is -0.265. The second-order valence-corrected chi connectivity index (χ2v) is 3.97. The van der Waals surface area contributed by atoms with Crippen LogP contribution in [0.4, 0.5) is 8.78 Å². The minimum absolute atomic E-state index is 0.105. The fourth-order valence-corrected chi connectivity index (χ4v) is 1.77. The van der Waals surface area contributed by atoms with Crippen molar-refractivity contribution in [2.45, 2.75) is 24.9 Å². The first-order valence-electron chi connectivity index (χ1n) is 5.34. The molecule has 0 bridgehead atoms. The Morgan fingerprint density at radius 1 is 1.53 bits per heavy atom. The van der Waals surface area contributed by atoms with E-state index in [1.165, 1.54) is 12.1 Å². The van der Waals surface area contributed by atoms with Crippen molar-refractivity contribution in [3.63, 3.8) is 0 Å². The van der Waals surface area contributed by atoms with Crippen LogP contribution in [0.5, 0.6) is 5.75 Å². The summed E-state index contributed by atoms with van der Waals surface area (Å²) >= 11 is 4.04. The van der Waals surface area contributed by atoms with E-state index >= 15 is 0 Å². The number of carbonyl (C=O) groups is 1. The van der Waals surface area contributed by atoms with Crippen LogP contribution >= 0.6 is 12.6 Å². The summed E-state index contributed by atoms with van der Waals surface area (Å²) in [6, 6.07) is 4.40. The average molecular weight is 287 g/mol. The van der Waals surface area contributed by atoms with Gasteiger partial charge in [-0.15, -0.1) is 12.6 Å². The predicted molar refractivity (Wildman–Crippen MR) is 65.4 cm³/mol. The van der Waals surface area contributed by atoms with E-state index in [1.807, 2.05) is 0 Å². The number of nitriles is 1. The molecule has 0 saturated carbocycles. The molecule has 0 aliphatic carbocycles. The molecule has 1 aromatic rings. The van der Waals surface area contributed by atoms with Gasteiger partial charge in [-0.05, 0) is 19.1 Å². The quantitative estimate of drug-likeness (QED) is 0.668. The smallest absolute Gasteiger partial charge is 0.387 e. The lowest BCUT2D eigenvalue weighted by Crippen LogP contribution is -2.12. The number of rotatable bonds is 5.